The molecule has 0 unspecified atom stereocenters. The molecule has 0 aromatic carbocycles. The molecule has 6 nitrogen and oxygen atoms in total. The summed E-state index contributed by atoms with van der Waals surface area (Å²) in [5, 5.41) is 9.04. The Morgan fingerprint density at radius 2 is 2.29 bits per heavy atom. The summed E-state index contributed by atoms with van der Waals surface area (Å²) in [4.78, 5) is 11.8. The van der Waals surface area contributed by atoms with Crippen molar-refractivity contribution < 1.29 is 5.11 Å². The van der Waals surface area contributed by atoms with Crippen molar-refractivity contribution in [2.75, 3.05) is 5.73 Å². The first-order chi connectivity index (χ1) is 6.68. The van der Waals surface area contributed by atoms with Crippen molar-refractivity contribution in [3.8, 4) is 0 Å². The Morgan fingerprint density at radius 3 is 3.00 bits per heavy atom. The smallest absolute Gasteiger partial charge is 0.165 e. The van der Waals surface area contributed by atoms with Crippen LogP contribution in [0.1, 0.15) is 0 Å². The molecule has 0 saturated carbocycles. The molecule has 0 aliphatic heterocycles. The summed E-state index contributed by atoms with van der Waals surface area (Å²) < 4.78 is 1.65. The van der Waals surface area contributed by atoms with Crippen LogP contribution in [0.5, 0.6) is 0 Å². The van der Waals surface area contributed by atoms with Gasteiger partial charge in [0, 0.05) is 0 Å². The van der Waals surface area contributed by atoms with Crippen LogP contribution in [0.15, 0.2) is 25.0 Å². The van der Waals surface area contributed by atoms with Crippen molar-refractivity contribution in [3.05, 3.63) is 25.0 Å². The lowest BCUT2D eigenvalue weighted by atomic mass is 10.5. The van der Waals surface area contributed by atoms with Crippen molar-refractivity contribution in [2.45, 2.75) is 6.54 Å². The van der Waals surface area contributed by atoms with Gasteiger partial charge in [0.1, 0.15) is 17.6 Å². The molecule has 2 rings (SSSR count). The van der Waals surface area contributed by atoms with E-state index in [1.807, 2.05) is 0 Å². The maximum atomic E-state index is 9.04. The molecule has 2 aromatic heterocycles. The van der Waals surface area contributed by atoms with Gasteiger partial charge in [-0.3, -0.25) is 0 Å². The van der Waals surface area contributed by atoms with Gasteiger partial charge < -0.3 is 15.4 Å². The van der Waals surface area contributed by atoms with Gasteiger partial charge in [0.15, 0.2) is 11.5 Å². The Labute approximate surface area is 79.7 Å². The predicted molar refractivity (Wildman–Crippen MR) is 51.5 cm³/mol. The highest BCUT2D eigenvalue weighted by molar-refractivity contribution is 5.81. The molecule has 2 aromatic rings. The molecule has 14 heavy (non-hydrogen) atoms. The first-order valence-corrected chi connectivity index (χ1v) is 3.96. The Balaban J connectivity index is 2.58. The molecule has 0 aliphatic carbocycles. The maximum Gasteiger partial charge on any atom is 0.165 e. The Bertz CT molecular complexity index is 489. The van der Waals surface area contributed by atoms with Crippen LogP contribution in [0.4, 0.5) is 5.82 Å². The van der Waals surface area contributed by atoms with Crippen LogP contribution in [0.2, 0.25) is 0 Å². The predicted octanol–water partition coefficient (Wildman–Crippen LogP) is 0.480. The van der Waals surface area contributed by atoms with Crippen molar-refractivity contribution in [1.82, 2.24) is 19.5 Å². The van der Waals surface area contributed by atoms with E-state index in [4.69, 9.17) is 10.8 Å². The fourth-order valence-electron chi connectivity index (χ4n) is 1.21. The molecule has 6 heteroatoms. The highest BCUT2D eigenvalue weighted by Gasteiger charge is 2.07. The van der Waals surface area contributed by atoms with Crippen LogP contribution < -0.4 is 5.73 Å². The van der Waals surface area contributed by atoms with Gasteiger partial charge in [-0.2, -0.15) is 0 Å². The van der Waals surface area contributed by atoms with Crippen LogP contribution >= 0.6 is 0 Å². The lowest BCUT2D eigenvalue weighted by molar-refractivity contribution is 0.380. The average molecular weight is 191 g/mol. The van der Waals surface area contributed by atoms with Gasteiger partial charge >= 0.3 is 0 Å². The van der Waals surface area contributed by atoms with Gasteiger partial charge in [0.25, 0.3) is 0 Å². The van der Waals surface area contributed by atoms with Gasteiger partial charge in [-0.1, -0.05) is 6.58 Å². The zero-order valence-corrected chi connectivity index (χ0v) is 7.38. The van der Waals surface area contributed by atoms with Crippen molar-refractivity contribution >= 4 is 17.0 Å². The standard InChI is InChI=1S/C8H9N5O/c1-5(14)2-13-4-12-6-7(9)10-3-11-8(6)13/h3-4,14H,1-2H2,(H2,9,10,11). The molecular weight excluding hydrogens is 182 g/mol. The summed E-state index contributed by atoms with van der Waals surface area (Å²) in [6, 6.07) is 0. The number of imidazole rings is 1. The molecule has 0 saturated heterocycles. The summed E-state index contributed by atoms with van der Waals surface area (Å²) >= 11 is 0. The Kier molecular flexibility index (Phi) is 1.81. The van der Waals surface area contributed by atoms with Gasteiger partial charge in [-0.25, -0.2) is 15.0 Å². The van der Waals surface area contributed by atoms with Gasteiger partial charge in [-0.05, 0) is 0 Å². The van der Waals surface area contributed by atoms with E-state index >= 15 is 0 Å². The third-order valence-electron chi connectivity index (χ3n) is 1.78. The molecule has 0 radical (unpaired) electrons. The van der Waals surface area contributed by atoms with Crippen LogP contribution in [0.3, 0.4) is 0 Å². The van der Waals surface area contributed by atoms with E-state index in [0.717, 1.165) is 0 Å². The zero-order valence-electron chi connectivity index (χ0n) is 7.38. The van der Waals surface area contributed by atoms with Gasteiger partial charge in [-0.15, -0.1) is 0 Å². The molecule has 72 valence electrons. The Hall–Kier alpha value is -2.11. The monoisotopic (exact) mass is 191 g/mol. The number of fused-ring (bicyclic) bond motifs is 1. The van der Waals surface area contributed by atoms with Crippen LogP contribution in [-0.4, -0.2) is 24.6 Å². The second kappa shape index (κ2) is 2.99. The third kappa shape index (κ3) is 1.26. The fraction of sp³-hybridized carbons (Fsp3) is 0.125. The number of aromatic nitrogens is 4. The van der Waals surface area contributed by atoms with E-state index in [-0.39, 0.29) is 12.3 Å². The minimum Gasteiger partial charge on any atom is -0.511 e. The fourth-order valence-corrected chi connectivity index (χ4v) is 1.21. The molecule has 0 amide bonds. The molecule has 0 spiro atoms. The minimum absolute atomic E-state index is 0.0430. The number of allylic oxidation sites excluding steroid dienone is 1. The lowest BCUT2D eigenvalue weighted by Gasteiger charge is -2.00. The van der Waals surface area contributed by atoms with E-state index in [2.05, 4.69) is 21.5 Å². The van der Waals surface area contributed by atoms with Gasteiger partial charge in [0.05, 0.1) is 12.9 Å². The summed E-state index contributed by atoms with van der Waals surface area (Å²) in [7, 11) is 0. The van der Waals surface area contributed by atoms with E-state index in [1.165, 1.54) is 12.7 Å². The molecule has 0 atom stereocenters. The number of nitrogens with two attached hydrogens (primary N) is 1. The molecule has 0 aliphatic rings. The highest BCUT2D eigenvalue weighted by atomic mass is 16.3. The number of rotatable bonds is 2. The molecular formula is C8H9N5O. The van der Waals surface area contributed by atoms with E-state index in [1.54, 1.807) is 4.57 Å². The summed E-state index contributed by atoms with van der Waals surface area (Å²) in [5.41, 5.74) is 6.71. The SMILES string of the molecule is C=C(O)Cn1cnc2c(N)ncnc21. The average Bonchev–Trinajstić information content (AvgIpc) is 2.49. The van der Waals surface area contributed by atoms with Crippen molar-refractivity contribution in [2.24, 2.45) is 0 Å². The van der Waals surface area contributed by atoms with Crippen LogP contribution in [0.25, 0.3) is 11.2 Å². The largest absolute Gasteiger partial charge is 0.511 e. The number of anilines is 1. The van der Waals surface area contributed by atoms with Crippen LogP contribution in [-0.2, 0) is 6.54 Å². The van der Waals surface area contributed by atoms with E-state index in [0.29, 0.717) is 17.0 Å². The number of hydrogen-bond donors (Lipinski definition) is 2. The number of nitrogens with zero attached hydrogens (tertiary/aromatic N) is 4. The Morgan fingerprint density at radius 1 is 1.50 bits per heavy atom. The summed E-state index contributed by atoms with van der Waals surface area (Å²) in [5.74, 6) is 0.374. The van der Waals surface area contributed by atoms with E-state index in [9.17, 15) is 0 Å². The molecule has 2 heterocycles. The number of aliphatic hydroxyl groups excluding tert-OH is 1. The molecule has 0 bridgehead atoms. The summed E-state index contributed by atoms with van der Waals surface area (Å²) in [6.45, 7) is 3.65. The second-order valence-electron chi connectivity index (χ2n) is 2.87. The van der Waals surface area contributed by atoms with Gasteiger partial charge in [0.2, 0.25) is 0 Å². The topological polar surface area (TPSA) is 89.8 Å². The first kappa shape index (κ1) is 8.49. The highest BCUT2D eigenvalue weighted by Crippen LogP contribution is 2.14. The second-order valence-corrected chi connectivity index (χ2v) is 2.87. The van der Waals surface area contributed by atoms with Crippen molar-refractivity contribution in [1.29, 1.82) is 0 Å². The number of aliphatic hydroxyl groups is 1. The third-order valence-corrected chi connectivity index (χ3v) is 1.78. The normalized spacial score (nSPS) is 10.6. The van der Waals surface area contributed by atoms with Crippen LogP contribution in [0, 0.1) is 0 Å². The quantitative estimate of drug-likeness (QED) is 0.674. The molecule has 3 N–H and O–H groups in total. The minimum atomic E-state index is 0.0430. The zero-order chi connectivity index (χ0) is 10.1. The summed E-state index contributed by atoms with van der Waals surface area (Å²) in [6.07, 6.45) is 2.90. The first-order valence-electron chi connectivity index (χ1n) is 3.96. The maximum absolute atomic E-state index is 9.04. The number of nitrogen functional groups attached to an aromatic ring is 1. The van der Waals surface area contributed by atoms with E-state index < -0.39 is 0 Å². The molecule has 0 fully saturated rings. The number of hydrogen-bond acceptors (Lipinski definition) is 5. The van der Waals surface area contributed by atoms with Crippen molar-refractivity contribution in [3.63, 3.8) is 0 Å². The lowest BCUT2D eigenvalue weighted by Crippen LogP contribution is -2.00.